The van der Waals surface area contributed by atoms with Gasteiger partial charge in [0.1, 0.15) is 3.70 Å². The summed E-state index contributed by atoms with van der Waals surface area (Å²) in [5.41, 5.74) is 0.272. The maximum Gasteiger partial charge on any atom is 0.573 e. The summed E-state index contributed by atoms with van der Waals surface area (Å²) in [6.45, 7) is 1.48. The maximum atomic E-state index is 12.0. The largest absolute Gasteiger partial charge is 0.573 e. The van der Waals surface area contributed by atoms with Crippen molar-refractivity contribution in [1.29, 1.82) is 0 Å². The van der Waals surface area contributed by atoms with Crippen LogP contribution in [0.3, 0.4) is 0 Å². The van der Waals surface area contributed by atoms with Crippen molar-refractivity contribution in [3.8, 4) is 11.5 Å². The number of alkyl halides is 3. The molecule has 0 amide bonds. The molecule has 1 aromatic rings. The van der Waals surface area contributed by atoms with Crippen LogP contribution in [0, 0.1) is 10.6 Å². The van der Waals surface area contributed by atoms with E-state index in [2.05, 4.69) is 9.72 Å². The van der Waals surface area contributed by atoms with Crippen molar-refractivity contribution >= 4 is 22.6 Å². The van der Waals surface area contributed by atoms with E-state index >= 15 is 0 Å². The first kappa shape index (κ1) is 12.3. The summed E-state index contributed by atoms with van der Waals surface area (Å²) >= 11 is 1.87. The number of pyridine rings is 1. The molecule has 0 unspecified atom stereocenters. The molecule has 0 aliphatic carbocycles. The summed E-state index contributed by atoms with van der Waals surface area (Å²) in [7, 11) is 1.36. The Morgan fingerprint density at radius 1 is 1.40 bits per heavy atom. The molecule has 0 atom stereocenters. The minimum atomic E-state index is -4.72. The van der Waals surface area contributed by atoms with E-state index in [1.54, 1.807) is 0 Å². The van der Waals surface area contributed by atoms with E-state index in [-0.39, 0.29) is 17.1 Å². The second kappa shape index (κ2) is 4.42. The van der Waals surface area contributed by atoms with Crippen LogP contribution in [0.15, 0.2) is 6.20 Å². The molecule has 3 nitrogen and oxygen atoms in total. The molecule has 15 heavy (non-hydrogen) atoms. The summed E-state index contributed by atoms with van der Waals surface area (Å²) in [5.74, 6) is -0.0582. The summed E-state index contributed by atoms with van der Waals surface area (Å²) in [6.07, 6.45) is -3.70. The van der Waals surface area contributed by atoms with Gasteiger partial charge in [0.05, 0.1) is 13.3 Å². The highest BCUT2D eigenvalue weighted by atomic mass is 127. The van der Waals surface area contributed by atoms with Crippen LogP contribution < -0.4 is 9.47 Å². The average Bonchev–Trinajstić information content (AvgIpc) is 2.09. The molecule has 0 aliphatic heterocycles. The summed E-state index contributed by atoms with van der Waals surface area (Å²) in [5, 5.41) is 0. The summed E-state index contributed by atoms with van der Waals surface area (Å²) < 4.78 is 45.1. The third-order valence-electron chi connectivity index (χ3n) is 1.62. The summed E-state index contributed by atoms with van der Waals surface area (Å²) in [6, 6.07) is 0. The molecule has 0 saturated heterocycles. The molecule has 1 rings (SSSR count). The van der Waals surface area contributed by atoms with Crippen LogP contribution in [0.25, 0.3) is 0 Å². The first-order chi connectivity index (χ1) is 6.85. The van der Waals surface area contributed by atoms with Crippen molar-refractivity contribution < 1.29 is 22.6 Å². The van der Waals surface area contributed by atoms with Crippen molar-refractivity contribution in [3.05, 3.63) is 15.5 Å². The van der Waals surface area contributed by atoms with E-state index in [1.165, 1.54) is 14.0 Å². The zero-order valence-corrected chi connectivity index (χ0v) is 10.0. The highest BCUT2D eigenvalue weighted by molar-refractivity contribution is 14.1. The molecule has 0 aliphatic rings. The Kier molecular flexibility index (Phi) is 3.63. The molecule has 84 valence electrons. The molecule has 0 spiro atoms. The molecule has 1 aromatic heterocycles. The van der Waals surface area contributed by atoms with Crippen LogP contribution in [0.5, 0.6) is 11.5 Å². The lowest BCUT2D eigenvalue weighted by molar-refractivity contribution is -0.275. The zero-order chi connectivity index (χ0) is 11.6. The minimum absolute atomic E-state index is 0.272. The van der Waals surface area contributed by atoms with Crippen LogP contribution in [-0.2, 0) is 0 Å². The highest BCUT2D eigenvalue weighted by Crippen LogP contribution is 2.33. The van der Waals surface area contributed by atoms with Crippen LogP contribution in [0.1, 0.15) is 5.56 Å². The van der Waals surface area contributed by atoms with Gasteiger partial charge in [-0.1, -0.05) is 0 Å². The number of methoxy groups -OCH3 is 1. The van der Waals surface area contributed by atoms with E-state index in [9.17, 15) is 13.2 Å². The summed E-state index contributed by atoms with van der Waals surface area (Å²) in [4.78, 5) is 3.73. The van der Waals surface area contributed by atoms with Gasteiger partial charge in [0, 0.05) is 5.56 Å². The Morgan fingerprint density at radius 2 is 2.00 bits per heavy atom. The van der Waals surface area contributed by atoms with Gasteiger partial charge in [0.15, 0.2) is 11.5 Å². The van der Waals surface area contributed by atoms with Crippen LogP contribution in [0.2, 0.25) is 0 Å². The number of hydrogen-bond acceptors (Lipinski definition) is 3. The van der Waals surface area contributed by atoms with Crippen LogP contribution >= 0.6 is 22.6 Å². The van der Waals surface area contributed by atoms with Crippen molar-refractivity contribution in [1.82, 2.24) is 4.98 Å². The topological polar surface area (TPSA) is 31.4 Å². The van der Waals surface area contributed by atoms with E-state index in [0.717, 1.165) is 6.20 Å². The fraction of sp³-hybridized carbons (Fsp3) is 0.375. The molecule has 0 fully saturated rings. The number of aromatic nitrogens is 1. The lowest BCUT2D eigenvalue weighted by Gasteiger charge is -2.13. The molecule has 1 heterocycles. The Bertz CT molecular complexity index is 368. The van der Waals surface area contributed by atoms with Gasteiger partial charge in [-0.15, -0.1) is 13.2 Å². The number of ether oxygens (including phenoxy) is 2. The molecule has 0 aromatic carbocycles. The molecule has 0 radical (unpaired) electrons. The minimum Gasteiger partial charge on any atom is -0.494 e. The van der Waals surface area contributed by atoms with Crippen molar-refractivity contribution in [2.75, 3.05) is 7.11 Å². The normalized spacial score (nSPS) is 11.3. The van der Waals surface area contributed by atoms with Crippen molar-refractivity contribution in [3.63, 3.8) is 0 Å². The number of nitrogens with zero attached hydrogens (tertiary/aromatic N) is 1. The zero-order valence-electron chi connectivity index (χ0n) is 7.85. The number of rotatable bonds is 2. The Morgan fingerprint density at radius 3 is 2.47 bits per heavy atom. The maximum absolute atomic E-state index is 12.0. The second-order valence-corrected chi connectivity index (χ2v) is 3.64. The molecule has 0 bridgehead atoms. The third kappa shape index (κ3) is 3.11. The van der Waals surface area contributed by atoms with Gasteiger partial charge < -0.3 is 9.47 Å². The molecule has 0 saturated carbocycles. The SMILES string of the molecule is COc1c(I)ncc(OC(F)(F)F)c1C. The average molecular weight is 333 g/mol. The Balaban J connectivity index is 3.11. The lowest BCUT2D eigenvalue weighted by atomic mass is 10.2. The van der Waals surface area contributed by atoms with Gasteiger partial charge in [-0.25, -0.2) is 4.98 Å². The van der Waals surface area contributed by atoms with E-state index in [0.29, 0.717) is 3.70 Å². The van der Waals surface area contributed by atoms with Gasteiger partial charge in [-0.2, -0.15) is 0 Å². The Hall–Kier alpha value is -0.730. The molecule has 0 N–H and O–H groups in total. The van der Waals surface area contributed by atoms with Gasteiger partial charge in [0.25, 0.3) is 0 Å². The van der Waals surface area contributed by atoms with Crippen molar-refractivity contribution in [2.24, 2.45) is 0 Å². The second-order valence-electron chi connectivity index (χ2n) is 2.62. The van der Waals surface area contributed by atoms with Gasteiger partial charge >= 0.3 is 6.36 Å². The van der Waals surface area contributed by atoms with E-state index < -0.39 is 6.36 Å². The molecular formula is C8H7F3INO2. The highest BCUT2D eigenvalue weighted by Gasteiger charge is 2.32. The first-order valence-electron chi connectivity index (χ1n) is 3.80. The fourth-order valence-corrected chi connectivity index (χ4v) is 1.77. The molecular weight excluding hydrogens is 326 g/mol. The molecule has 7 heteroatoms. The third-order valence-corrected chi connectivity index (χ3v) is 2.39. The monoisotopic (exact) mass is 333 g/mol. The quantitative estimate of drug-likeness (QED) is 0.616. The first-order valence-corrected chi connectivity index (χ1v) is 4.88. The number of halogens is 4. The van der Waals surface area contributed by atoms with E-state index in [4.69, 9.17) is 4.74 Å². The Labute approximate surface area is 97.7 Å². The number of hydrogen-bond donors (Lipinski definition) is 0. The van der Waals surface area contributed by atoms with Crippen LogP contribution in [0.4, 0.5) is 13.2 Å². The predicted octanol–water partition coefficient (Wildman–Crippen LogP) is 2.90. The van der Waals surface area contributed by atoms with Gasteiger partial charge in [-0.3, -0.25) is 0 Å². The van der Waals surface area contributed by atoms with Crippen LogP contribution in [-0.4, -0.2) is 18.5 Å². The van der Waals surface area contributed by atoms with Gasteiger partial charge in [-0.05, 0) is 29.5 Å². The van der Waals surface area contributed by atoms with Crippen molar-refractivity contribution in [2.45, 2.75) is 13.3 Å². The predicted molar refractivity (Wildman–Crippen MR) is 54.9 cm³/mol. The fourth-order valence-electron chi connectivity index (χ4n) is 1.00. The van der Waals surface area contributed by atoms with Gasteiger partial charge in [0.2, 0.25) is 0 Å². The smallest absolute Gasteiger partial charge is 0.494 e. The van der Waals surface area contributed by atoms with E-state index in [1.807, 2.05) is 22.6 Å². The lowest BCUT2D eigenvalue weighted by Crippen LogP contribution is -2.18. The standard InChI is InChI=1S/C8H7F3INO2/c1-4-5(15-8(9,10)11)3-13-7(12)6(4)14-2/h3H,1-2H3.